The van der Waals surface area contributed by atoms with Gasteiger partial charge < -0.3 is 14.2 Å². The molecule has 1 aromatic rings. The molecular weight excluding hydrogens is 244 g/mol. The Bertz CT molecular complexity index is 458. The lowest BCUT2D eigenvalue weighted by Crippen LogP contribution is -2.68. The van der Waals surface area contributed by atoms with Crippen LogP contribution in [0.2, 0.25) is 0 Å². The first-order valence-electron chi connectivity index (χ1n) is 6.81. The summed E-state index contributed by atoms with van der Waals surface area (Å²) in [6, 6.07) is 9.50. The Morgan fingerprint density at radius 3 is 2.89 bits per heavy atom. The Morgan fingerprint density at radius 2 is 2.21 bits per heavy atom. The van der Waals surface area contributed by atoms with Crippen molar-refractivity contribution < 1.29 is 19.0 Å². The maximum absolute atomic E-state index is 12.4. The molecule has 2 saturated heterocycles. The predicted molar refractivity (Wildman–Crippen MR) is 68.6 cm³/mol. The molecule has 3 atom stereocenters. The zero-order valence-corrected chi connectivity index (χ0v) is 11.0. The Morgan fingerprint density at radius 1 is 1.42 bits per heavy atom. The molecule has 0 bridgehead atoms. The summed E-state index contributed by atoms with van der Waals surface area (Å²) in [5.74, 6) is -0.343. The molecule has 1 aromatic carbocycles. The molecule has 0 aromatic heterocycles. The summed E-state index contributed by atoms with van der Waals surface area (Å²) in [5, 5.41) is 0. The van der Waals surface area contributed by atoms with E-state index in [0.717, 1.165) is 18.4 Å². The van der Waals surface area contributed by atoms with E-state index in [1.165, 1.54) is 0 Å². The zero-order chi connectivity index (χ0) is 13.3. The van der Waals surface area contributed by atoms with Crippen LogP contribution in [0.4, 0.5) is 0 Å². The van der Waals surface area contributed by atoms with Gasteiger partial charge >= 0.3 is 5.97 Å². The predicted octanol–water partition coefficient (Wildman–Crippen LogP) is 2.02. The lowest BCUT2D eigenvalue weighted by atomic mass is 9.77. The average Bonchev–Trinajstić information content (AvgIpc) is 2.42. The molecule has 0 N–H and O–H groups in total. The van der Waals surface area contributed by atoms with Crippen molar-refractivity contribution in [2.45, 2.75) is 37.6 Å². The lowest BCUT2D eigenvalue weighted by molar-refractivity contribution is -0.320. The molecule has 0 unspecified atom stereocenters. The normalized spacial score (nSPS) is 33.1. The summed E-state index contributed by atoms with van der Waals surface area (Å²) < 4.78 is 16.9. The van der Waals surface area contributed by atoms with Crippen molar-refractivity contribution in [3.63, 3.8) is 0 Å². The topological polar surface area (TPSA) is 44.8 Å². The van der Waals surface area contributed by atoms with Crippen LogP contribution in [0.1, 0.15) is 25.3 Å². The Labute approximate surface area is 112 Å². The number of carbonyl (C=O) groups is 1. The van der Waals surface area contributed by atoms with E-state index >= 15 is 0 Å². The molecular formula is C15H18O4. The van der Waals surface area contributed by atoms with Crippen LogP contribution in [-0.4, -0.2) is 31.4 Å². The summed E-state index contributed by atoms with van der Waals surface area (Å²) in [6.45, 7) is 2.82. The van der Waals surface area contributed by atoms with Crippen molar-refractivity contribution in [3.05, 3.63) is 35.9 Å². The van der Waals surface area contributed by atoms with Crippen molar-refractivity contribution >= 4 is 5.97 Å². The molecule has 0 spiro atoms. The second-order valence-electron chi connectivity index (χ2n) is 4.91. The second-order valence-corrected chi connectivity index (χ2v) is 4.91. The van der Waals surface area contributed by atoms with E-state index in [0.29, 0.717) is 13.2 Å². The van der Waals surface area contributed by atoms with Crippen LogP contribution in [0.15, 0.2) is 30.3 Å². The third kappa shape index (κ3) is 1.86. The highest BCUT2D eigenvalue weighted by Gasteiger charge is 2.64. The van der Waals surface area contributed by atoms with Gasteiger partial charge in [0, 0.05) is 6.61 Å². The summed E-state index contributed by atoms with van der Waals surface area (Å²) in [7, 11) is 0. The first kappa shape index (κ1) is 12.6. The number of rotatable bonds is 3. The largest absolute Gasteiger partial charge is 0.464 e. The number of esters is 1. The zero-order valence-electron chi connectivity index (χ0n) is 11.0. The van der Waals surface area contributed by atoms with Crippen LogP contribution in [0.3, 0.4) is 0 Å². The molecule has 2 aliphatic rings. The van der Waals surface area contributed by atoms with Gasteiger partial charge in [-0.05, 0) is 25.3 Å². The van der Waals surface area contributed by atoms with E-state index in [4.69, 9.17) is 14.2 Å². The first-order valence-corrected chi connectivity index (χ1v) is 6.81. The van der Waals surface area contributed by atoms with Crippen LogP contribution in [0.25, 0.3) is 0 Å². The molecule has 0 amide bonds. The van der Waals surface area contributed by atoms with Gasteiger partial charge in [-0.3, -0.25) is 0 Å². The number of carbonyl (C=O) groups excluding carboxylic acids is 1. The van der Waals surface area contributed by atoms with Gasteiger partial charge in [-0.1, -0.05) is 30.3 Å². The summed E-state index contributed by atoms with van der Waals surface area (Å²) in [5.41, 5.74) is -0.251. The SMILES string of the molecule is CCOC(=O)[C@]1(c2ccccc2)O[C@H]2CCCO[C@H]21. The Kier molecular flexibility index (Phi) is 3.29. The third-order valence-corrected chi connectivity index (χ3v) is 3.79. The molecule has 19 heavy (non-hydrogen) atoms. The summed E-state index contributed by atoms with van der Waals surface area (Å²) in [6.07, 6.45) is 1.72. The van der Waals surface area contributed by atoms with Crippen molar-refractivity contribution in [1.82, 2.24) is 0 Å². The minimum absolute atomic E-state index is 0.0124. The average molecular weight is 262 g/mol. The van der Waals surface area contributed by atoms with Gasteiger partial charge in [0.1, 0.15) is 6.10 Å². The van der Waals surface area contributed by atoms with E-state index in [1.807, 2.05) is 30.3 Å². The highest BCUT2D eigenvalue weighted by molar-refractivity contribution is 5.83. The van der Waals surface area contributed by atoms with Crippen LogP contribution in [-0.2, 0) is 24.6 Å². The van der Waals surface area contributed by atoms with Gasteiger partial charge in [0.25, 0.3) is 0 Å². The van der Waals surface area contributed by atoms with Gasteiger partial charge in [0.05, 0.1) is 12.7 Å². The fourth-order valence-corrected chi connectivity index (χ4v) is 2.93. The molecule has 0 saturated carbocycles. The summed E-state index contributed by atoms with van der Waals surface area (Å²) >= 11 is 0. The molecule has 2 aliphatic heterocycles. The first-order chi connectivity index (χ1) is 9.29. The van der Waals surface area contributed by atoms with Gasteiger partial charge in [-0.2, -0.15) is 0 Å². The van der Waals surface area contributed by atoms with E-state index in [2.05, 4.69) is 0 Å². The quantitative estimate of drug-likeness (QED) is 0.782. The standard InChI is InChI=1S/C15H18O4/c1-2-17-14(16)15(11-7-4-3-5-8-11)13-12(19-15)9-6-10-18-13/h3-5,7-8,12-13H,2,6,9-10H2,1H3/t12-,13+,15+/m0/s1. The molecule has 4 heteroatoms. The lowest BCUT2D eigenvalue weighted by Gasteiger charge is -2.54. The number of hydrogen-bond donors (Lipinski definition) is 0. The van der Waals surface area contributed by atoms with Gasteiger partial charge in [-0.15, -0.1) is 0 Å². The molecule has 2 fully saturated rings. The van der Waals surface area contributed by atoms with E-state index in [-0.39, 0.29) is 18.2 Å². The van der Waals surface area contributed by atoms with Gasteiger partial charge in [0.15, 0.2) is 0 Å². The molecule has 4 nitrogen and oxygen atoms in total. The molecule has 0 radical (unpaired) electrons. The van der Waals surface area contributed by atoms with Crippen molar-refractivity contribution in [2.75, 3.05) is 13.2 Å². The molecule has 0 aliphatic carbocycles. The molecule has 2 heterocycles. The maximum atomic E-state index is 12.4. The number of ether oxygens (including phenoxy) is 3. The van der Waals surface area contributed by atoms with Crippen molar-refractivity contribution in [1.29, 1.82) is 0 Å². The van der Waals surface area contributed by atoms with Crippen LogP contribution in [0, 0.1) is 0 Å². The maximum Gasteiger partial charge on any atom is 0.346 e. The second kappa shape index (κ2) is 4.94. The number of fused-ring (bicyclic) bond motifs is 1. The monoisotopic (exact) mass is 262 g/mol. The third-order valence-electron chi connectivity index (χ3n) is 3.79. The molecule has 102 valence electrons. The number of benzene rings is 1. The van der Waals surface area contributed by atoms with Crippen LogP contribution in [0.5, 0.6) is 0 Å². The highest BCUT2D eigenvalue weighted by atomic mass is 16.6. The fourth-order valence-electron chi connectivity index (χ4n) is 2.93. The van der Waals surface area contributed by atoms with Gasteiger partial charge in [0.2, 0.25) is 5.60 Å². The van der Waals surface area contributed by atoms with Crippen LogP contribution >= 0.6 is 0 Å². The molecule has 3 rings (SSSR count). The van der Waals surface area contributed by atoms with E-state index in [9.17, 15) is 4.79 Å². The Balaban J connectivity index is 1.95. The van der Waals surface area contributed by atoms with Crippen molar-refractivity contribution in [3.8, 4) is 0 Å². The minimum atomic E-state index is -1.07. The van der Waals surface area contributed by atoms with E-state index < -0.39 is 5.60 Å². The van der Waals surface area contributed by atoms with Crippen molar-refractivity contribution in [2.24, 2.45) is 0 Å². The smallest absolute Gasteiger partial charge is 0.346 e. The summed E-state index contributed by atoms with van der Waals surface area (Å²) in [4.78, 5) is 12.4. The fraction of sp³-hybridized carbons (Fsp3) is 0.533. The van der Waals surface area contributed by atoms with E-state index in [1.54, 1.807) is 6.92 Å². The van der Waals surface area contributed by atoms with Gasteiger partial charge in [-0.25, -0.2) is 4.79 Å². The van der Waals surface area contributed by atoms with Crippen LogP contribution < -0.4 is 0 Å². The number of hydrogen-bond acceptors (Lipinski definition) is 4. The minimum Gasteiger partial charge on any atom is -0.464 e. The highest BCUT2D eigenvalue weighted by Crippen LogP contribution is 2.48. The Hall–Kier alpha value is -1.39.